The molecule has 1 heterocycles. The minimum absolute atomic E-state index is 0. The van der Waals surface area contributed by atoms with Gasteiger partial charge < -0.3 is 28.3 Å². The second kappa shape index (κ2) is 11.5. The van der Waals surface area contributed by atoms with Crippen LogP contribution >= 0.6 is 7.82 Å². The van der Waals surface area contributed by atoms with Gasteiger partial charge in [0.1, 0.15) is 17.1 Å². The maximum Gasteiger partial charge on any atom is 1.00 e. The van der Waals surface area contributed by atoms with Crippen molar-refractivity contribution in [3.63, 3.8) is 0 Å². The van der Waals surface area contributed by atoms with Crippen molar-refractivity contribution >= 4 is 7.82 Å². The SMILES string of the molecule is Cc1c(C)c2c(c(CCC(C)C)c1OCOP(=O)([O-])[O-])CCC(C)(C)O2.[Na+].[Na+]. The van der Waals surface area contributed by atoms with Crippen LogP contribution in [0.4, 0.5) is 0 Å². The van der Waals surface area contributed by atoms with Crippen molar-refractivity contribution in [1.82, 2.24) is 0 Å². The topological polar surface area (TPSA) is 90.9 Å². The fraction of sp³-hybridized carbons (Fsp3) is 0.684. The molecule has 1 aromatic carbocycles. The third kappa shape index (κ3) is 7.88. The summed E-state index contributed by atoms with van der Waals surface area (Å²) in [5, 5.41) is 0. The minimum atomic E-state index is -5.07. The fourth-order valence-electron chi connectivity index (χ4n) is 3.27. The predicted octanol–water partition coefficient (Wildman–Crippen LogP) is -2.81. The summed E-state index contributed by atoms with van der Waals surface area (Å²) in [4.78, 5) is 21.5. The zero-order chi connectivity index (χ0) is 19.7. The minimum Gasteiger partial charge on any atom is -0.790 e. The number of phosphoric ester groups is 1. The monoisotopic (exact) mass is 430 g/mol. The van der Waals surface area contributed by atoms with Crippen molar-refractivity contribution in [2.75, 3.05) is 6.79 Å². The van der Waals surface area contributed by atoms with Crippen LogP contribution in [-0.4, -0.2) is 12.4 Å². The van der Waals surface area contributed by atoms with E-state index >= 15 is 0 Å². The summed E-state index contributed by atoms with van der Waals surface area (Å²) in [5.41, 5.74) is 3.79. The summed E-state index contributed by atoms with van der Waals surface area (Å²) in [6.07, 6.45) is 3.53. The first kappa shape index (κ1) is 28.9. The van der Waals surface area contributed by atoms with Gasteiger partial charge in [0, 0.05) is 11.1 Å². The molecule has 0 radical (unpaired) electrons. The quantitative estimate of drug-likeness (QED) is 0.264. The van der Waals surface area contributed by atoms with Crippen LogP contribution < -0.4 is 78.4 Å². The van der Waals surface area contributed by atoms with E-state index in [1.165, 1.54) is 0 Å². The molecule has 28 heavy (non-hydrogen) atoms. The Morgan fingerprint density at radius 1 is 1.18 bits per heavy atom. The van der Waals surface area contributed by atoms with E-state index in [-0.39, 0.29) is 64.7 Å². The summed E-state index contributed by atoms with van der Waals surface area (Å²) in [6, 6.07) is 0. The third-order valence-corrected chi connectivity index (χ3v) is 5.32. The molecule has 1 aliphatic rings. The Labute approximate surface area is 212 Å². The molecule has 0 saturated heterocycles. The Bertz CT molecular complexity index is 715. The molecule has 1 aromatic rings. The molecular weight excluding hydrogens is 401 g/mol. The number of rotatable bonds is 7. The predicted molar refractivity (Wildman–Crippen MR) is 96.3 cm³/mol. The van der Waals surface area contributed by atoms with E-state index in [2.05, 4.69) is 32.2 Å². The van der Waals surface area contributed by atoms with Crippen molar-refractivity contribution in [3.8, 4) is 11.5 Å². The first-order chi connectivity index (χ1) is 11.9. The van der Waals surface area contributed by atoms with Crippen molar-refractivity contribution in [2.24, 2.45) is 5.92 Å². The molecule has 6 nitrogen and oxygen atoms in total. The molecule has 0 N–H and O–H groups in total. The van der Waals surface area contributed by atoms with Crippen molar-refractivity contribution in [1.29, 1.82) is 0 Å². The Morgan fingerprint density at radius 3 is 2.32 bits per heavy atom. The fourth-order valence-corrected chi connectivity index (χ4v) is 3.45. The molecule has 0 aromatic heterocycles. The first-order valence-electron chi connectivity index (χ1n) is 9.04. The van der Waals surface area contributed by atoms with E-state index in [0.29, 0.717) is 11.7 Å². The second-order valence-corrected chi connectivity index (χ2v) is 9.15. The largest absolute Gasteiger partial charge is 1.00 e. The van der Waals surface area contributed by atoms with E-state index in [9.17, 15) is 14.4 Å². The second-order valence-electron chi connectivity index (χ2n) is 8.00. The Morgan fingerprint density at radius 2 is 1.79 bits per heavy atom. The molecule has 0 saturated carbocycles. The van der Waals surface area contributed by atoms with E-state index in [0.717, 1.165) is 53.7 Å². The van der Waals surface area contributed by atoms with E-state index < -0.39 is 14.6 Å². The first-order valence-corrected chi connectivity index (χ1v) is 10.5. The summed E-state index contributed by atoms with van der Waals surface area (Å²) in [7, 11) is -5.07. The molecule has 0 atom stereocenters. The van der Waals surface area contributed by atoms with Crippen molar-refractivity contribution in [3.05, 3.63) is 22.3 Å². The third-order valence-electron chi connectivity index (χ3n) is 4.90. The van der Waals surface area contributed by atoms with Crippen LogP contribution in [0.25, 0.3) is 0 Å². The smallest absolute Gasteiger partial charge is 0.790 e. The van der Waals surface area contributed by atoms with Crippen LogP contribution in [0.1, 0.15) is 62.8 Å². The number of phosphoric acid groups is 1. The molecule has 0 bridgehead atoms. The maximum atomic E-state index is 10.7. The molecule has 0 fully saturated rings. The van der Waals surface area contributed by atoms with Crippen LogP contribution in [0.15, 0.2) is 0 Å². The van der Waals surface area contributed by atoms with Crippen LogP contribution in [0.3, 0.4) is 0 Å². The van der Waals surface area contributed by atoms with Gasteiger partial charge in [-0.05, 0) is 70.4 Å². The summed E-state index contributed by atoms with van der Waals surface area (Å²) >= 11 is 0. The van der Waals surface area contributed by atoms with Gasteiger partial charge in [0.2, 0.25) is 0 Å². The van der Waals surface area contributed by atoms with Crippen molar-refractivity contribution < 1.29 is 87.5 Å². The van der Waals surface area contributed by atoms with Crippen molar-refractivity contribution in [2.45, 2.75) is 72.8 Å². The van der Waals surface area contributed by atoms with Gasteiger partial charge in [-0.25, -0.2) is 0 Å². The maximum absolute atomic E-state index is 10.7. The standard InChI is InChI=1S/C19H31O6P.2Na/c1-12(2)7-8-15-16-9-10-19(5,6)25-18(16)14(4)13(3)17(15)23-11-24-26(20,21)22;;/h12H,7-11H2,1-6H3,(H2,20,21,22);;/q;2*+1/p-2. The number of benzene rings is 1. The number of fused-ring (bicyclic) bond motifs is 1. The van der Waals surface area contributed by atoms with Gasteiger partial charge in [-0.15, -0.1) is 0 Å². The average Bonchev–Trinajstić information content (AvgIpc) is 2.49. The van der Waals surface area contributed by atoms with Crippen LogP contribution in [-0.2, 0) is 21.9 Å². The van der Waals surface area contributed by atoms with E-state index in [1.54, 1.807) is 0 Å². The van der Waals surface area contributed by atoms with Gasteiger partial charge in [0.15, 0.2) is 6.79 Å². The summed E-state index contributed by atoms with van der Waals surface area (Å²) in [5.74, 6) is 2.03. The molecule has 0 amide bonds. The van der Waals surface area contributed by atoms with Crippen LogP contribution in [0, 0.1) is 19.8 Å². The molecule has 0 unspecified atom stereocenters. The average molecular weight is 430 g/mol. The van der Waals surface area contributed by atoms with Gasteiger partial charge in [0.05, 0.1) is 7.82 Å². The Balaban J connectivity index is 0.00000364. The van der Waals surface area contributed by atoms with Crippen LogP contribution in [0.5, 0.6) is 11.5 Å². The molecule has 9 heteroatoms. The molecule has 1 aliphatic heterocycles. The van der Waals surface area contributed by atoms with Gasteiger partial charge in [-0.2, -0.15) is 0 Å². The number of hydrogen-bond donors (Lipinski definition) is 0. The van der Waals surface area contributed by atoms with E-state index in [1.807, 2.05) is 13.8 Å². The van der Waals surface area contributed by atoms with Gasteiger partial charge in [-0.3, -0.25) is 0 Å². The zero-order valence-corrected chi connectivity index (χ0v) is 23.4. The molecular formula is C19H29Na2O6P. The molecule has 0 aliphatic carbocycles. The number of hydrogen-bond acceptors (Lipinski definition) is 6. The van der Waals surface area contributed by atoms with Gasteiger partial charge in [-0.1, -0.05) is 13.8 Å². The van der Waals surface area contributed by atoms with Gasteiger partial charge >= 0.3 is 59.1 Å². The summed E-state index contributed by atoms with van der Waals surface area (Å²) in [6.45, 7) is 11.8. The molecule has 2 rings (SSSR count). The summed E-state index contributed by atoms with van der Waals surface area (Å²) < 4.78 is 26.9. The van der Waals surface area contributed by atoms with Crippen LogP contribution in [0.2, 0.25) is 0 Å². The Kier molecular flexibility index (Phi) is 11.9. The zero-order valence-electron chi connectivity index (χ0n) is 18.5. The molecule has 148 valence electrons. The molecule has 0 spiro atoms. The normalized spacial score (nSPS) is 15.2. The Hall–Kier alpha value is 0.930. The van der Waals surface area contributed by atoms with Gasteiger partial charge in [0.25, 0.3) is 0 Å². The van der Waals surface area contributed by atoms with E-state index in [4.69, 9.17) is 9.47 Å². The number of ether oxygens (including phenoxy) is 2.